The summed E-state index contributed by atoms with van der Waals surface area (Å²) in [6, 6.07) is 3.35. The number of aromatic nitrogens is 1. The summed E-state index contributed by atoms with van der Waals surface area (Å²) in [4.78, 5) is 15.6. The smallest absolute Gasteiger partial charge is 0.356 e. The van der Waals surface area contributed by atoms with E-state index in [0.29, 0.717) is 23.0 Å². The minimum Gasteiger partial charge on any atom is -0.464 e. The highest BCUT2D eigenvalue weighted by molar-refractivity contribution is 7.85. The van der Waals surface area contributed by atoms with Gasteiger partial charge in [-0.2, -0.15) is 0 Å². The van der Waals surface area contributed by atoms with Gasteiger partial charge in [0.1, 0.15) is 5.82 Å². The molecule has 0 spiro atoms. The number of nitrogens with two attached hydrogens (primary N) is 1. The maximum Gasteiger partial charge on any atom is 0.356 e. The molecule has 1 fully saturated rings. The van der Waals surface area contributed by atoms with Gasteiger partial charge in [-0.25, -0.2) is 9.78 Å². The normalized spacial score (nSPS) is 22.8. The van der Waals surface area contributed by atoms with E-state index in [0.717, 1.165) is 12.8 Å². The number of hydrogen-bond donors (Lipinski definition) is 2. The Morgan fingerprint density at radius 3 is 2.79 bits per heavy atom. The second-order valence-corrected chi connectivity index (χ2v) is 6.09. The number of nitrogens with one attached hydrogen (secondary N) is 1. The SMILES string of the molecule is COC(=O)c1ccc(N)c(NC2CCS(=O)CC2)n1. The third-order valence-corrected chi connectivity index (χ3v) is 4.43. The fraction of sp³-hybridized carbons (Fsp3) is 0.500. The summed E-state index contributed by atoms with van der Waals surface area (Å²) >= 11 is 0. The number of methoxy groups -OCH3 is 1. The summed E-state index contributed by atoms with van der Waals surface area (Å²) in [5.41, 5.74) is 6.54. The molecule has 0 atom stereocenters. The second-order valence-electron chi connectivity index (χ2n) is 4.39. The first-order valence-electron chi connectivity index (χ1n) is 6.06. The molecule has 1 aliphatic heterocycles. The lowest BCUT2D eigenvalue weighted by molar-refractivity contribution is 0.0594. The fourth-order valence-corrected chi connectivity index (χ4v) is 3.23. The number of carbonyl (C=O) groups is 1. The third-order valence-electron chi connectivity index (χ3n) is 3.05. The number of rotatable bonds is 3. The van der Waals surface area contributed by atoms with Gasteiger partial charge < -0.3 is 15.8 Å². The molecule has 1 aromatic heterocycles. The molecule has 0 unspecified atom stereocenters. The van der Waals surface area contributed by atoms with Gasteiger partial charge in [-0.05, 0) is 25.0 Å². The quantitative estimate of drug-likeness (QED) is 0.796. The Labute approximate surface area is 114 Å². The molecule has 2 heterocycles. The predicted molar refractivity (Wildman–Crippen MR) is 74.5 cm³/mol. The maximum absolute atomic E-state index is 11.4. The minimum absolute atomic E-state index is 0.195. The van der Waals surface area contributed by atoms with E-state index < -0.39 is 16.8 Å². The van der Waals surface area contributed by atoms with Crippen LogP contribution in [0, 0.1) is 0 Å². The van der Waals surface area contributed by atoms with Crippen molar-refractivity contribution in [3.63, 3.8) is 0 Å². The molecule has 6 nitrogen and oxygen atoms in total. The average Bonchev–Trinajstić information content (AvgIpc) is 2.43. The van der Waals surface area contributed by atoms with Crippen LogP contribution in [0.2, 0.25) is 0 Å². The van der Waals surface area contributed by atoms with Crippen molar-refractivity contribution in [1.29, 1.82) is 0 Å². The molecule has 0 radical (unpaired) electrons. The lowest BCUT2D eigenvalue weighted by Crippen LogP contribution is -2.30. The van der Waals surface area contributed by atoms with Crippen molar-refractivity contribution in [1.82, 2.24) is 4.98 Å². The molecule has 7 heteroatoms. The van der Waals surface area contributed by atoms with Gasteiger partial charge in [0.2, 0.25) is 0 Å². The Balaban J connectivity index is 2.10. The van der Waals surface area contributed by atoms with Gasteiger partial charge in [-0.3, -0.25) is 4.21 Å². The molecular formula is C12H17N3O3S. The Morgan fingerprint density at radius 1 is 1.47 bits per heavy atom. The first-order chi connectivity index (χ1) is 9.10. The average molecular weight is 283 g/mol. The summed E-state index contributed by atoms with van der Waals surface area (Å²) in [7, 11) is 0.606. The number of nitrogen functional groups attached to an aromatic ring is 1. The van der Waals surface area contributed by atoms with Crippen LogP contribution in [0.4, 0.5) is 11.5 Å². The van der Waals surface area contributed by atoms with Crippen molar-refractivity contribution in [2.24, 2.45) is 0 Å². The van der Waals surface area contributed by atoms with Gasteiger partial charge in [0.15, 0.2) is 5.69 Å². The van der Waals surface area contributed by atoms with Crippen molar-refractivity contribution in [3.05, 3.63) is 17.8 Å². The summed E-state index contributed by atoms with van der Waals surface area (Å²) < 4.78 is 15.9. The molecule has 0 aliphatic carbocycles. The first-order valence-corrected chi connectivity index (χ1v) is 7.55. The molecule has 0 saturated carbocycles. The number of carbonyl (C=O) groups excluding carboxylic acids is 1. The van der Waals surface area contributed by atoms with Crippen LogP contribution in [0.3, 0.4) is 0 Å². The van der Waals surface area contributed by atoms with Crippen LogP contribution in [-0.4, -0.2) is 39.8 Å². The van der Waals surface area contributed by atoms with E-state index in [1.807, 2.05) is 0 Å². The van der Waals surface area contributed by atoms with E-state index in [9.17, 15) is 9.00 Å². The number of hydrogen-bond acceptors (Lipinski definition) is 6. The maximum atomic E-state index is 11.4. The standard InChI is InChI=1S/C12H17N3O3S/c1-18-12(16)10-3-2-9(13)11(15-10)14-8-4-6-19(17)7-5-8/h2-3,8H,4-7,13H2,1H3,(H,14,15). The molecule has 2 rings (SSSR count). The van der Waals surface area contributed by atoms with Crippen LogP contribution < -0.4 is 11.1 Å². The molecule has 0 aromatic carbocycles. The molecule has 0 bridgehead atoms. The number of ether oxygens (including phenoxy) is 1. The predicted octanol–water partition coefficient (Wildman–Crippen LogP) is 0.773. The lowest BCUT2D eigenvalue weighted by Gasteiger charge is -2.23. The van der Waals surface area contributed by atoms with E-state index in [2.05, 4.69) is 15.0 Å². The monoisotopic (exact) mass is 283 g/mol. The second kappa shape index (κ2) is 6.01. The van der Waals surface area contributed by atoms with Crippen LogP contribution in [0.5, 0.6) is 0 Å². The van der Waals surface area contributed by atoms with Crippen LogP contribution in [-0.2, 0) is 15.5 Å². The Hall–Kier alpha value is -1.63. The van der Waals surface area contributed by atoms with Crippen molar-refractivity contribution >= 4 is 28.3 Å². The topological polar surface area (TPSA) is 94.3 Å². The van der Waals surface area contributed by atoms with Gasteiger partial charge in [0, 0.05) is 28.3 Å². The highest BCUT2D eigenvalue weighted by Gasteiger charge is 2.19. The lowest BCUT2D eigenvalue weighted by atomic mass is 10.1. The molecule has 104 valence electrons. The van der Waals surface area contributed by atoms with Crippen molar-refractivity contribution in [2.75, 3.05) is 29.7 Å². The van der Waals surface area contributed by atoms with Gasteiger partial charge in [0.25, 0.3) is 0 Å². The van der Waals surface area contributed by atoms with Crippen LogP contribution >= 0.6 is 0 Å². The Morgan fingerprint density at radius 2 is 2.16 bits per heavy atom. The van der Waals surface area contributed by atoms with Crippen LogP contribution in [0.15, 0.2) is 12.1 Å². The molecule has 3 N–H and O–H groups in total. The third kappa shape index (κ3) is 3.44. The highest BCUT2D eigenvalue weighted by atomic mass is 32.2. The largest absolute Gasteiger partial charge is 0.464 e. The molecule has 1 aliphatic rings. The summed E-state index contributed by atoms with van der Waals surface area (Å²) in [6.07, 6.45) is 1.63. The zero-order valence-corrected chi connectivity index (χ0v) is 11.5. The van der Waals surface area contributed by atoms with Gasteiger partial charge >= 0.3 is 5.97 Å². The van der Waals surface area contributed by atoms with E-state index in [1.165, 1.54) is 13.2 Å². The molecule has 1 aromatic rings. The Bertz CT molecular complexity index is 497. The number of anilines is 2. The van der Waals surface area contributed by atoms with Crippen molar-refractivity contribution in [2.45, 2.75) is 18.9 Å². The van der Waals surface area contributed by atoms with Gasteiger partial charge in [0.05, 0.1) is 12.8 Å². The van der Waals surface area contributed by atoms with Crippen LogP contribution in [0.25, 0.3) is 0 Å². The summed E-state index contributed by atoms with van der Waals surface area (Å²) in [5, 5.41) is 3.21. The molecule has 19 heavy (non-hydrogen) atoms. The Kier molecular flexibility index (Phi) is 4.36. The van der Waals surface area contributed by atoms with Crippen molar-refractivity contribution in [3.8, 4) is 0 Å². The fourth-order valence-electron chi connectivity index (χ4n) is 1.94. The first kappa shape index (κ1) is 13.8. The zero-order chi connectivity index (χ0) is 13.8. The highest BCUT2D eigenvalue weighted by Crippen LogP contribution is 2.20. The van der Waals surface area contributed by atoms with Gasteiger partial charge in [-0.15, -0.1) is 0 Å². The molecule has 0 amide bonds. The van der Waals surface area contributed by atoms with E-state index >= 15 is 0 Å². The van der Waals surface area contributed by atoms with Crippen molar-refractivity contribution < 1.29 is 13.7 Å². The van der Waals surface area contributed by atoms with E-state index in [1.54, 1.807) is 6.07 Å². The summed E-state index contributed by atoms with van der Waals surface area (Å²) in [5.74, 6) is 1.37. The van der Waals surface area contributed by atoms with Gasteiger partial charge in [-0.1, -0.05) is 0 Å². The number of nitrogens with zero attached hydrogens (tertiary/aromatic N) is 1. The minimum atomic E-state index is -0.703. The molecular weight excluding hydrogens is 266 g/mol. The van der Waals surface area contributed by atoms with Crippen LogP contribution in [0.1, 0.15) is 23.3 Å². The number of esters is 1. The number of pyridine rings is 1. The molecule has 1 saturated heterocycles. The van der Waals surface area contributed by atoms with E-state index in [4.69, 9.17) is 5.73 Å². The van der Waals surface area contributed by atoms with E-state index in [-0.39, 0.29) is 11.7 Å². The zero-order valence-electron chi connectivity index (χ0n) is 10.7. The summed E-state index contributed by atoms with van der Waals surface area (Å²) in [6.45, 7) is 0.